The molecular weight excluding hydrogens is 196 g/mol. The van der Waals surface area contributed by atoms with Crippen molar-refractivity contribution in [2.75, 3.05) is 0 Å². The van der Waals surface area contributed by atoms with Crippen LogP contribution in [0.4, 0.5) is 0 Å². The van der Waals surface area contributed by atoms with Crippen molar-refractivity contribution in [2.45, 2.75) is 58.7 Å². The van der Waals surface area contributed by atoms with Crippen LogP contribution in [0.15, 0.2) is 10.7 Å². The van der Waals surface area contributed by atoms with E-state index in [0.29, 0.717) is 0 Å². The molecule has 0 saturated carbocycles. The van der Waals surface area contributed by atoms with E-state index in [4.69, 9.17) is 11.6 Å². The molecule has 0 heterocycles. The van der Waals surface area contributed by atoms with E-state index in [9.17, 15) is 0 Å². The molecule has 0 rings (SSSR count). The van der Waals surface area contributed by atoms with Gasteiger partial charge in [-0.25, -0.2) is 0 Å². The molecular formula is C11H23ClSi. The fourth-order valence-corrected chi connectivity index (χ4v) is 1.97. The summed E-state index contributed by atoms with van der Waals surface area (Å²) in [5.41, 5.74) is 0. The Balaban J connectivity index is 3.60. The Bertz CT molecular complexity index is 156. The lowest BCUT2D eigenvalue weighted by Gasteiger charge is -2.14. The second-order valence-corrected chi connectivity index (χ2v) is 10.4. The molecule has 0 aliphatic heterocycles. The van der Waals surface area contributed by atoms with Crippen molar-refractivity contribution in [2.24, 2.45) is 0 Å². The minimum Gasteiger partial charge on any atom is -0.0946 e. The summed E-state index contributed by atoms with van der Waals surface area (Å²) in [5, 5.41) is 0. The summed E-state index contributed by atoms with van der Waals surface area (Å²) in [5.74, 6) is 0. The van der Waals surface area contributed by atoms with Crippen LogP contribution in [0.3, 0.4) is 0 Å². The van der Waals surface area contributed by atoms with Gasteiger partial charge in [0, 0.05) is 0 Å². The van der Waals surface area contributed by atoms with Crippen LogP contribution >= 0.6 is 11.6 Å². The highest BCUT2D eigenvalue weighted by atomic mass is 35.5. The maximum absolute atomic E-state index is 6.19. The summed E-state index contributed by atoms with van der Waals surface area (Å²) in [6.07, 6.45) is 8.73. The van der Waals surface area contributed by atoms with E-state index in [-0.39, 0.29) is 0 Å². The smallest absolute Gasteiger partial charge is 0.0918 e. The topological polar surface area (TPSA) is 0 Å². The lowest BCUT2D eigenvalue weighted by molar-refractivity contribution is 0.674. The predicted molar refractivity (Wildman–Crippen MR) is 66.0 cm³/mol. The highest BCUT2D eigenvalue weighted by molar-refractivity contribution is 6.91. The minimum atomic E-state index is -1.20. The summed E-state index contributed by atoms with van der Waals surface area (Å²) in [6.45, 7) is 9.11. The highest BCUT2D eigenvalue weighted by Crippen LogP contribution is 2.19. The standard InChI is InChI=1S/C11H23ClSi/c1-5-6-7-8-9-10-11(12)13(2,3)4/h10H,5-9H2,1-4H3/b11-10-. The molecule has 0 nitrogen and oxygen atoms in total. The van der Waals surface area contributed by atoms with Crippen molar-refractivity contribution >= 4 is 19.7 Å². The van der Waals surface area contributed by atoms with Gasteiger partial charge in [-0.3, -0.25) is 0 Å². The number of halogens is 1. The third-order valence-corrected chi connectivity index (χ3v) is 5.59. The maximum Gasteiger partial charge on any atom is 0.0918 e. The zero-order chi connectivity index (χ0) is 10.3. The molecule has 0 unspecified atom stereocenters. The quantitative estimate of drug-likeness (QED) is 0.437. The molecule has 0 bridgehead atoms. The molecule has 13 heavy (non-hydrogen) atoms. The van der Waals surface area contributed by atoms with Crippen molar-refractivity contribution < 1.29 is 0 Å². The van der Waals surface area contributed by atoms with Crippen molar-refractivity contribution in [3.63, 3.8) is 0 Å². The van der Waals surface area contributed by atoms with Gasteiger partial charge in [-0.2, -0.15) is 0 Å². The first kappa shape index (κ1) is 13.2. The fraction of sp³-hybridized carbons (Fsp3) is 0.818. The average Bonchev–Trinajstić information content (AvgIpc) is 2.02. The van der Waals surface area contributed by atoms with E-state index >= 15 is 0 Å². The first-order valence-electron chi connectivity index (χ1n) is 5.34. The molecule has 0 radical (unpaired) electrons. The second-order valence-electron chi connectivity index (χ2n) is 4.65. The predicted octanol–water partition coefficient (Wildman–Crippen LogP) is 4.96. The van der Waals surface area contributed by atoms with Crippen LogP contribution in [0.1, 0.15) is 39.0 Å². The monoisotopic (exact) mass is 218 g/mol. The summed E-state index contributed by atoms with van der Waals surface area (Å²) >= 11 is 6.19. The van der Waals surface area contributed by atoms with Crippen LogP contribution in [0, 0.1) is 0 Å². The molecule has 0 aliphatic rings. The molecule has 0 spiro atoms. The van der Waals surface area contributed by atoms with E-state index < -0.39 is 8.07 Å². The van der Waals surface area contributed by atoms with Crippen molar-refractivity contribution in [1.29, 1.82) is 0 Å². The summed E-state index contributed by atoms with van der Waals surface area (Å²) in [7, 11) is -1.20. The normalized spacial score (nSPS) is 13.5. The van der Waals surface area contributed by atoms with Gasteiger partial charge in [-0.1, -0.05) is 63.5 Å². The van der Waals surface area contributed by atoms with E-state index in [0.717, 1.165) is 4.66 Å². The molecule has 78 valence electrons. The van der Waals surface area contributed by atoms with Gasteiger partial charge in [-0.15, -0.1) is 0 Å². The summed E-state index contributed by atoms with van der Waals surface area (Å²) in [6, 6.07) is 0. The molecule has 0 aromatic carbocycles. The summed E-state index contributed by atoms with van der Waals surface area (Å²) in [4.78, 5) is 0. The van der Waals surface area contributed by atoms with E-state index in [1.807, 2.05) is 0 Å². The number of hydrogen-bond donors (Lipinski definition) is 0. The van der Waals surface area contributed by atoms with E-state index in [1.54, 1.807) is 0 Å². The molecule has 2 heteroatoms. The Morgan fingerprint density at radius 2 is 1.77 bits per heavy atom. The molecule has 0 saturated heterocycles. The number of unbranched alkanes of at least 4 members (excludes halogenated alkanes) is 4. The van der Waals surface area contributed by atoms with Gasteiger partial charge < -0.3 is 0 Å². The third-order valence-electron chi connectivity index (χ3n) is 2.10. The van der Waals surface area contributed by atoms with Crippen LogP contribution in [-0.4, -0.2) is 8.07 Å². The first-order valence-corrected chi connectivity index (χ1v) is 9.22. The van der Waals surface area contributed by atoms with Crippen LogP contribution in [0.5, 0.6) is 0 Å². The molecule has 0 aromatic rings. The lowest BCUT2D eigenvalue weighted by atomic mass is 10.2. The Kier molecular flexibility index (Phi) is 6.79. The van der Waals surface area contributed by atoms with E-state index in [2.05, 4.69) is 32.6 Å². The Morgan fingerprint density at radius 3 is 2.23 bits per heavy atom. The van der Waals surface area contributed by atoms with Gasteiger partial charge >= 0.3 is 0 Å². The first-order chi connectivity index (χ1) is 5.98. The van der Waals surface area contributed by atoms with Crippen molar-refractivity contribution in [3.8, 4) is 0 Å². The zero-order valence-corrected chi connectivity index (χ0v) is 11.2. The van der Waals surface area contributed by atoms with Gasteiger partial charge in [0.2, 0.25) is 0 Å². The lowest BCUT2D eigenvalue weighted by Crippen LogP contribution is -2.20. The maximum atomic E-state index is 6.19. The number of hydrogen-bond acceptors (Lipinski definition) is 0. The molecule has 0 aromatic heterocycles. The number of allylic oxidation sites excluding steroid dienone is 1. The highest BCUT2D eigenvalue weighted by Gasteiger charge is 2.16. The summed E-state index contributed by atoms with van der Waals surface area (Å²) < 4.78 is 1.14. The van der Waals surface area contributed by atoms with Gasteiger partial charge in [0.15, 0.2) is 0 Å². The van der Waals surface area contributed by atoms with Crippen molar-refractivity contribution in [1.82, 2.24) is 0 Å². The Labute approximate surface area is 89.4 Å². The minimum absolute atomic E-state index is 1.14. The average molecular weight is 219 g/mol. The number of rotatable bonds is 6. The second kappa shape index (κ2) is 6.66. The van der Waals surface area contributed by atoms with Gasteiger partial charge in [0.1, 0.15) is 0 Å². The van der Waals surface area contributed by atoms with Crippen LogP contribution in [0.25, 0.3) is 0 Å². The molecule has 0 aliphatic carbocycles. The van der Waals surface area contributed by atoms with Crippen molar-refractivity contribution in [3.05, 3.63) is 10.7 Å². The van der Waals surface area contributed by atoms with E-state index in [1.165, 1.54) is 32.1 Å². The van der Waals surface area contributed by atoms with Gasteiger partial charge in [0.25, 0.3) is 0 Å². The van der Waals surface area contributed by atoms with Crippen LogP contribution < -0.4 is 0 Å². The Morgan fingerprint density at radius 1 is 1.15 bits per heavy atom. The van der Waals surface area contributed by atoms with Gasteiger partial charge in [-0.05, 0) is 17.5 Å². The zero-order valence-electron chi connectivity index (χ0n) is 9.49. The molecule has 0 fully saturated rings. The molecule has 0 N–H and O–H groups in total. The molecule has 0 amide bonds. The molecule has 0 atom stereocenters. The third kappa shape index (κ3) is 7.33. The Hall–Kier alpha value is 0.247. The van der Waals surface area contributed by atoms with Crippen LogP contribution in [0.2, 0.25) is 19.6 Å². The van der Waals surface area contributed by atoms with Gasteiger partial charge in [0.05, 0.1) is 8.07 Å². The fourth-order valence-electron chi connectivity index (χ4n) is 1.11. The largest absolute Gasteiger partial charge is 0.0946 e. The SMILES string of the molecule is CCCCCC/C=C(/Cl)[Si](C)(C)C. The van der Waals surface area contributed by atoms with Crippen LogP contribution in [-0.2, 0) is 0 Å².